The molecule has 1 aliphatic rings. The summed E-state index contributed by atoms with van der Waals surface area (Å²) in [5.41, 5.74) is 15.9. The minimum atomic E-state index is 0.662. The van der Waals surface area contributed by atoms with Gasteiger partial charge in [0.15, 0.2) is 5.82 Å². The predicted octanol–water partition coefficient (Wildman–Crippen LogP) is 13.1. The Bertz CT molecular complexity index is 2840. The third-order valence-electron chi connectivity index (χ3n) is 10.1. The highest BCUT2D eigenvalue weighted by molar-refractivity contribution is 7.99. The van der Waals surface area contributed by atoms with Gasteiger partial charge < -0.3 is 0 Å². The van der Waals surface area contributed by atoms with Gasteiger partial charge in [0.2, 0.25) is 0 Å². The Labute approximate surface area is 324 Å². The highest BCUT2D eigenvalue weighted by Gasteiger charge is 2.22. The molecule has 0 bridgehead atoms. The molecule has 0 N–H and O–H groups in total. The van der Waals surface area contributed by atoms with Gasteiger partial charge in [-0.2, -0.15) is 0 Å². The molecule has 0 unspecified atom stereocenters. The molecule has 10 rings (SSSR count). The molecule has 5 heteroatoms. The SMILES string of the molecule is c1ccc(-c2nc(-c3ccc(-c4cccnc4)nc3)cc(-c3ccc4c(c3)-c3ccccc3Sc3ccccc3-c3ccccc3-c3ccccc3-4)n2)cc1. The van der Waals surface area contributed by atoms with Crippen LogP contribution in [0.15, 0.2) is 204 Å². The highest BCUT2D eigenvalue weighted by Crippen LogP contribution is 2.49. The fourth-order valence-electron chi connectivity index (χ4n) is 7.43. The van der Waals surface area contributed by atoms with Crippen molar-refractivity contribution in [3.8, 4) is 89.7 Å². The molecular weight excluding hydrogens is 689 g/mol. The number of benzene rings is 6. The zero-order valence-corrected chi connectivity index (χ0v) is 30.5. The van der Waals surface area contributed by atoms with E-state index in [-0.39, 0.29) is 0 Å². The molecule has 0 amide bonds. The van der Waals surface area contributed by atoms with Crippen LogP contribution in [-0.4, -0.2) is 19.9 Å². The van der Waals surface area contributed by atoms with E-state index in [1.807, 2.05) is 60.6 Å². The maximum Gasteiger partial charge on any atom is 0.160 e. The number of nitrogens with zero attached hydrogens (tertiary/aromatic N) is 4. The van der Waals surface area contributed by atoms with Crippen molar-refractivity contribution in [3.05, 3.63) is 195 Å². The van der Waals surface area contributed by atoms with Gasteiger partial charge in [0.05, 0.1) is 17.1 Å². The van der Waals surface area contributed by atoms with Crippen molar-refractivity contribution < 1.29 is 0 Å². The number of aromatic nitrogens is 4. The summed E-state index contributed by atoms with van der Waals surface area (Å²) in [5.74, 6) is 0.662. The van der Waals surface area contributed by atoms with Crippen LogP contribution in [0.2, 0.25) is 0 Å². The molecule has 55 heavy (non-hydrogen) atoms. The average Bonchev–Trinajstić information content (AvgIpc) is 3.28. The Hall–Kier alpha value is -6.95. The minimum Gasteiger partial charge on any atom is -0.264 e. The zero-order valence-electron chi connectivity index (χ0n) is 29.7. The molecule has 1 aliphatic heterocycles. The predicted molar refractivity (Wildman–Crippen MR) is 225 cm³/mol. The van der Waals surface area contributed by atoms with E-state index in [0.717, 1.165) is 44.9 Å². The van der Waals surface area contributed by atoms with E-state index in [1.165, 1.54) is 48.7 Å². The molecule has 0 atom stereocenters. The second-order valence-corrected chi connectivity index (χ2v) is 14.5. The first kappa shape index (κ1) is 32.7. The van der Waals surface area contributed by atoms with Crippen molar-refractivity contribution in [2.75, 3.05) is 0 Å². The molecule has 258 valence electrons. The number of fused-ring (bicyclic) bond motifs is 9. The van der Waals surface area contributed by atoms with Crippen LogP contribution in [0.4, 0.5) is 0 Å². The van der Waals surface area contributed by atoms with Gasteiger partial charge in [-0.25, -0.2) is 9.97 Å². The molecule has 4 heterocycles. The summed E-state index contributed by atoms with van der Waals surface area (Å²) in [6.07, 6.45) is 5.49. The van der Waals surface area contributed by atoms with Crippen LogP contribution in [0.5, 0.6) is 0 Å². The first-order valence-corrected chi connectivity index (χ1v) is 19.1. The first-order valence-electron chi connectivity index (χ1n) is 18.3. The third-order valence-corrected chi connectivity index (χ3v) is 11.3. The van der Waals surface area contributed by atoms with E-state index in [4.69, 9.17) is 15.0 Å². The quantitative estimate of drug-likeness (QED) is 0.181. The summed E-state index contributed by atoms with van der Waals surface area (Å²) in [6.45, 7) is 0. The molecule has 4 nitrogen and oxygen atoms in total. The lowest BCUT2D eigenvalue weighted by Crippen LogP contribution is -1.97. The van der Waals surface area contributed by atoms with Gasteiger partial charge in [-0.15, -0.1) is 0 Å². The molecule has 0 radical (unpaired) electrons. The molecular formula is C50H32N4S. The first-order chi connectivity index (χ1) is 27.3. The number of hydrogen-bond donors (Lipinski definition) is 0. The number of pyridine rings is 2. The Balaban J connectivity index is 1.19. The van der Waals surface area contributed by atoms with Gasteiger partial charge in [-0.05, 0) is 93.0 Å². The van der Waals surface area contributed by atoms with Crippen molar-refractivity contribution in [3.63, 3.8) is 0 Å². The Kier molecular flexibility index (Phi) is 8.39. The minimum absolute atomic E-state index is 0.662. The molecule has 0 spiro atoms. The third kappa shape index (κ3) is 6.21. The van der Waals surface area contributed by atoms with Crippen LogP contribution in [0.3, 0.4) is 0 Å². The van der Waals surface area contributed by atoms with Crippen molar-refractivity contribution >= 4 is 11.8 Å². The second kappa shape index (κ2) is 14.1. The van der Waals surface area contributed by atoms with Crippen LogP contribution in [0, 0.1) is 0 Å². The Morgan fingerprint density at radius 1 is 0.327 bits per heavy atom. The second-order valence-electron chi connectivity index (χ2n) is 13.4. The van der Waals surface area contributed by atoms with E-state index in [1.54, 1.807) is 6.20 Å². The number of rotatable bonds is 4. The zero-order chi connectivity index (χ0) is 36.6. The van der Waals surface area contributed by atoms with E-state index < -0.39 is 0 Å². The van der Waals surface area contributed by atoms with E-state index in [2.05, 4.69) is 145 Å². The molecule has 9 aromatic rings. The van der Waals surface area contributed by atoms with E-state index in [9.17, 15) is 0 Å². The van der Waals surface area contributed by atoms with Crippen LogP contribution < -0.4 is 0 Å². The fourth-order valence-corrected chi connectivity index (χ4v) is 8.54. The van der Waals surface area contributed by atoms with E-state index >= 15 is 0 Å². The Morgan fingerprint density at radius 3 is 1.45 bits per heavy atom. The lowest BCUT2D eigenvalue weighted by molar-refractivity contribution is 1.18. The topological polar surface area (TPSA) is 51.6 Å². The summed E-state index contributed by atoms with van der Waals surface area (Å²) in [5, 5.41) is 0. The molecule has 6 aromatic carbocycles. The largest absolute Gasteiger partial charge is 0.264 e. The molecule has 3 aromatic heterocycles. The van der Waals surface area contributed by atoms with Crippen LogP contribution in [0.1, 0.15) is 0 Å². The normalized spacial score (nSPS) is 11.6. The molecule has 0 fully saturated rings. The fraction of sp³-hybridized carbons (Fsp3) is 0. The van der Waals surface area contributed by atoms with Crippen LogP contribution in [0.25, 0.3) is 89.7 Å². The standard InChI is InChI=1S/C50H32N4S/c1-2-13-33(14-3-1)50-53-46(30-47(54-50)36-25-27-45(52-32-36)35-15-12-28-51-31-35)34-24-26-41-39-18-5-4-16-37(39)38-17-6-7-19-40(38)42-20-8-10-22-48(42)55-49-23-11-9-21-43(49)44(41)29-34/h1-32H. The van der Waals surface area contributed by atoms with Gasteiger partial charge in [0.25, 0.3) is 0 Å². The van der Waals surface area contributed by atoms with Crippen molar-refractivity contribution in [1.29, 1.82) is 0 Å². The lowest BCUT2D eigenvalue weighted by atomic mass is 9.86. The maximum absolute atomic E-state index is 5.22. The van der Waals surface area contributed by atoms with Crippen molar-refractivity contribution in [2.45, 2.75) is 9.79 Å². The molecule has 0 saturated carbocycles. The summed E-state index contributed by atoms with van der Waals surface area (Å²) in [6, 6.07) is 62.2. The van der Waals surface area contributed by atoms with Crippen LogP contribution in [-0.2, 0) is 0 Å². The average molecular weight is 721 g/mol. The maximum atomic E-state index is 5.22. The van der Waals surface area contributed by atoms with E-state index in [0.29, 0.717) is 5.82 Å². The van der Waals surface area contributed by atoms with Crippen LogP contribution >= 0.6 is 11.8 Å². The van der Waals surface area contributed by atoms with Gasteiger partial charge in [0.1, 0.15) is 0 Å². The summed E-state index contributed by atoms with van der Waals surface area (Å²) < 4.78 is 0. The summed E-state index contributed by atoms with van der Waals surface area (Å²) >= 11 is 1.82. The number of hydrogen-bond acceptors (Lipinski definition) is 5. The molecule has 0 aliphatic carbocycles. The van der Waals surface area contributed by atoms with Crippen molar-refractivity contribution in [2.24, 2.45) is 0 Å². The van der Waals surface area contributed by atoms with Gasteiger partial charge in [-0.1, -0.05) is 139 Å². The molecule has 0 saturated heterocycles. The summed E-state index contributed by atoms with van der Waals surface area (Å²) in [4.78, 5) is 21.8. The summed E-state index contributed by atoms with van der Waals surface area (Å²) in [7, 11) is 0. The van der Waals surface area contributed by atoms with Crippen molar-refractivity contribution in [1.82, 2.24) is 19.9 Å². The lowest BCUT2D eigenvalue weighted by Gasteiger charge is -2.18. The van der Waals surface area contributed by atoms with Gasteiger partial charge >= 0.3 is 0 Å². The van der Waals surface area contributed by atoms with Gasteiger partial charge in [0, 0.05) is 50.6 Å². The monoisotopic (exact) mass is 720 g/mol. The Morgan fingerprint density at radius 2 is 0.836 bits per heavy atom. The smallest absolute Gasteiger partial charge is 0.160 e. The van der Waals surface area contributed by atoms with Gasteiger partial charge in [-0.3, -0.25) is 9.97 Å². The highest BCUT2D eigenvalue weighted by atomic mass is 32.2.